The van der Waals surface area contributed by atoms with Crippen LogP contribution in [0.2, 0.25) is 0 Å². The Kier molecular flexibility index (Phi) is 47.5. The molecule has 0 saturated heterocycles. The third-order valence-electron chi connectivity index (χ3n) is 10.6. The largest absolute Gasteiger partial charge is 0.462 e. The summed E-state index contributed by atoms with van der Waals surface area (Å²) in [5.74, 6) is -1.03. The van der Waals surface area contributed by atoms with Gasteiger partial charge in [0.2, 0.25) is 0 Å². The topological polar surface area (TPSA) is 78.9 Å². The van der Waals surface area contributed by atoms with Crippen LogP contribution in [0.15, 0.2) is 85.1 Å². The van der Waals surface area contributed by atoms with Crippen LogP contribution in [0.25, 0.3) is 0 Å². The molecule has 0 spiro atoms. The average Bonchev–Trinajstić information content (AvgIpc) is 3.27. The van der Waals surface area contributed by atoms with E-state index in [1.165, 1.54) is 116 Å². The number of unbranched alkanes of at least 4 members (excludes halogenated alkanes) is 21. The van der Waals surface area contributed by atoms with Crippen molar-refractivity contribution in [2.45, 2.75) is 239 Å². The maximum atomic E-state index is 12.7. The number of carbonyl (C=O) groups is 3. The normalized spacial score (nSPS) is 12.8. The van der Waals surface area contributed by atoms with Crippen molar-refractivity contribution in [3.8, 4) is 0 Å². The minimum atomic E-state index is -0.823. The summed E-state index contributed by atoms with van der Waals surface area (Å²) in [6.45, 7) is 6.39. The molecule has 0 N–H and O–H groups in total. The summed E-state index contributed by atoms with van der Waals surface area (Å²) < 4.78 is 16.7. The number of ether oxygens (including phenoxy) is 3. The Morgan fingerprint density at radius 1 is 0.355 bits per heavy atom. The zero-order valence-electron chi connectivity index (χ0n) is 40.4. The molecule has 0 bridgehead atoms. The van der Waals surface area contributed by atoms with Gasteiger partial charge in [0.05, 0.1) is 0 Å². The Balaban J connectivity index is 4.44. The van der Waals surface area contributed by atoms with Crippen molar-refractivity contribution in [3.63, 3.8) is 0 Å². The Morgan fingerprint density at radius 3 is 1.21 bits per heavy atom. The van der Waals surface area contributed by atoms with Gasteiger partial charge in [0.15, 0.2) is 6.10 Å². The predicted molar refractivity (Wildman–Crippen MR) is 265 cm³/mol. The van der Waals surface area contributed by atoms with E-state index in [0.717, 1.165) is 70.6 Å². The molecule has 0 fully saturated rings. The monoisotopic (exact) mass is 863 g/mol. The second-order valence-corrected chi connectivity index (χ2v) is 16.7. The zero-order valence-corrected chi connectivity index (χ0v) is 40.4. The minimum absolute atomic E-state index is 0.113. The summed E-state index contributed by atoms with van der Waals surface area (Å²) in [5, 5.41) is 0. The van der Waals surface area contributed by atoms with Crippen molar-refractivity contribution in [2.75, 3.05) is 13.2 Å². The van der Waals surface area contributed by atoms with Crippen LogP contribution in [-0.4, -0.2) is 37.2 Å². The molecule has 0 aromatic heterocycles. The van der Waals surface area contributed by atoms with E-state index in [0.29, 0.717) is 19.3 Å². The average molecular weight is 863 g/mol. The van der Waals surface area contributed by atoms with E-state index in [1.54, 1.807) is 0 Å². The molecule has 0 aromatic carbocycles. The fourth-order valence-corrected chi connectivity index (χ4v) is 6.79. The Morgan fingerprint density at radius 2 is 0.710 bits per heavy atom. The molecular formula is C56H94O6. The van der Waals surface area contributed by atoms with Gasteiger partial charge in [-0.1, -0.05) is 202 Å². The molecule has 6 heteroatoms. The number of allylic oxidation sites excluding steroid dienone is 14. The first-order valence-electron chi connectivity index (χ1n) is 25.6. The molecule has 0 radical (unpaired) electrons. The Hall–Kier alpha value is -3.41. The van der Waals surface area contributed by atoms with Crippen molar-refractivity contribution in [1.29, 1.82) is 0 Å². The fraction of sp³-hybridized carbons (Fsp3) is 0.696. The number of hydrogen-bond donors (Lipinski definition) is 0. The van der Waals surface area contributed by atoms with E-state index < -0.39 is 12.1 Å². The molecule has 0 heterocycles. The van der Waals surface area contributed by atoms with E-state index >= 15 is 0 Å². The molecular weight excluding hydrogens is 769 g/mol. The molecule has 0 aromatic rings. The number of carbonyl (C=O) groups excluding carboxylic acids is 3. The maximum Gasteiger partial charge on any atom is 0.306 e. The first-order valence-corrected chi connectivity index (χ1v) is 25.6. The second kappa shape index (κ2) is 50.2. The summed E-state index contributed by atoms with van der Waals surface area (Å²) >= 11 is 0. The van der Waals surface area contributed by atoms with E-state index in [4.69, 9.17) is 14.2 Å². The van der Waals surface area contributed by atoms with E-state index in [9.17, 15) is 14.4 Å². The summed E-state index contributed by atoms with van der Waals surface area (Å²) in [7, 11) is 0. The highest BCUT2D eigenvalue weighted by atomic mass is 16.6. The number of rotatable bonds is 45. The highest BCUT2D eigenvalue weighted by Gasteiger charge is 2.19. The van der Waals surface area contributed by atoms with Crippen molar-refractivity contribution in [1.82, 2.24) is 0 Å². The number of hydrogen-bond acceptors (Lipinski definition) is 6. The minimum Gasteiger partial charge on any atom is -0.462 e. The first-order chi connectivity index (χ1) is 30.5. The second-order valence-electron chi connectivity index (χ2n) is 16.7. The van der Waals surface area contributed by atoms with Gasteiger partial charge in [-0.25, -0.2) is 0 Å². The van der Waals surface area contributed by atoms with Crippen LogP contribution in [0, 0.1) is 0 Å². The third-order valence-corrected chi connectivity index (χ3v) is 10.6. The van der Waals surface area contributed by atoms with Gasteiger partial charge < -0.3 is 14.2 Å². The molecule has 0 aliphatic rings. The molecule has 354 valence electrons. The number of esters is 3. The van der Waals surface area contributed by atoms with Crippen LogP contribution in [0.5, 0.6) is 0 Å². The fourth-order valence-electron chi connectivity index (χ4n) is 6.79. The highest BCUT2D eigenvalue weighted by molar-refractivity contribution is 5.71. The molecule has 0 aliphatic carbocycles. The van der Waals surface area contributed by atoms with Gasteiger partial charge in [-0.05, 0) is 96.3 Å². The van der Waals surface area contributed by atoms with Gasteiger partial charge in [0.25, 0.3) is 0 Å². The molecule has 6 nitrogen and oxygen atoms in total. The molecule has 0 saturated carbocycles. The lowest BCUT2D eigenvalue weighted by Gasteiger charge is -2.18. The summed E-state index contributed by atoms with van der Waals surface area (Å²) in [6, 6.07) is 0. The van der Waals surface area contributed by atoms with Gasteiger partial charge in [-0.2, -0.15) is 0 Å². The van der Waals surface area contributed by atoms with E-state index in [1.807, 2.05) is 6.08 Å². The van der Waals surface area contributed by atoms with Crippen molar-refractivity contribution < 1.29 is 28.6 Å². The third kappa shape index (κ3) is 47.6. The highest BCUT2D eigenvalue weighted by Crippen LogP contribution is 2.14. The lowest BCUT2D eigenvalue weighted by Crippen LogP contribution is -2.30. The van der Waals surface area contributed by atoms with Crippen molar-refractivity contribution >= 4 is 17.9 Å². The van der Waals surface area contributed by atoms with E-state index in [2.05, 4.69) is 99.8 Å². The predicted octanol–water partition coefficient (Wildman–Crippen LogP) is 16.8. The molecule has 0 amide bonds. The maximum absolute atomic E-state index is 12.7. The van der Waals surface area contributed by atoms with Crippen LogP contribution in [0.3, 0.4) is 0 Å². The van der Waals surface area contributed by atoms with Crippen LogP contribution in [-0.2, 0) is 28.6 Å². The smallest absolute Gasteiger partial charge is 0.306 e. The SMILES string of the molecule is CC/C=C\C/C=C\C/C=C\CCCCC(=O)OCC(COC(=O)CCCCCCCCCCCC/C=C\C=C/CCCCC)OC(=O)CC/C=C\C/C=C\CCCCCCCC. The molecule has 0 aliphatic heterocycles. The van der Waals surface area contributed by atoms with Crippen molar-refractivity contribution in [2.24, 2.45) is 0 Å². The quantitative estimate of drug-likeness (QED) is 0.0199. The van der Waals surface area contributed by atoms with Crippen LogP contribution in [0.4, 0.5) is 0 Å². The molecule has 0 rings (SSSR count). The lowest BCUT2D eigenvalue weighted by molar-refractivity contribution is -0.166. The van der Waals surface area contributed by atoms with Crippen LogP contribution >= 0.6 is 0 Å². The van der Waals surface area contributed by atoms with E-state index in [-0.39, 0.29) is 31.6 Å². The van der Waals surface area contributed by atoms with Gasteiger partial charge in [-0.15, -0.1) is 0 Å². The molecule has 1 unspecified atom stereocenters. The molecule has 62 heavy (non-hydrogen) atoms. The lowest BCUT2D eigenvalue weighted by atomic mass is 10.1. The summed E-state index contributed by atoms with van der Waals surface area (Å²) in [5.41, 5.74) is 0. The molecule has 1 atom stereocenters. The first kappa shape index (κ1) is 58.6. The zero-order chi connectivity index (χ0) is 45.1. The standard InChI is InChI=1S/C56H94O6/c1-4-7-10-13-16-19-22-25-26-27-28-29-30-32-34-37-40-43-46-49-55(58)61-52-53(51-60-54(57)48-45-42-39-36-33-24-21-18-15-12-9-6-3)62-56(59)50-47-44-41-38-35-31-23-20-17-14-11-8-5-2/h9,12,16,18-19,21-22,25,31,33,35-36,41,44,53H,4-8,10-11,13-15,17,20,23-24,26-30,32,34,37-40,42-43,45-52H2,1-3H3/b12-9-,19-16-,21-18-,25-22-,35-31-,36-33-,44-41-. The Labute approximate surface area is 382 Å². The van der Waals surface area contributed by atoms with Crippen LogP contribution < -0.4 is 0 Å². The van der Waals surface area contributed by atoms with Gasteiger partial charge in [-0.3, -0.25) is 14.4 Å². The van der Waals surface area contributed by atoms with Gasteiger partial charge in [0, 0.05) is 19.3 Å². The van der Waals surface area contributed by atoms with Gasteiger partial charge >= 0.3 is 17.9 Å². The summed E-state index contributed by atoms with van der Waals surface area (Å²) in [4.78, 5) is 37.9. The Bertz CT molecular complexity index is 1220. The van der Waals surface area contributed by atoms with Crippen LogP contribution in [0.1, 0.15) is 233 Å². The summed E-state index contributed by atoms with van der Waals surface area (Å²) in [6.07, 6.45) is 64.4. The van der Waals surface area contributed by atoms with Gasteiger partial charge in [0.1, 0.15) is 13.2 Å². The van der Waals surface area contributed by atoms with Crippen molar-refractivity contribution in [3.05, 3.63) is 85.1 Å².